The maximum absolute atomic E-state index is 13.2. The van der Waals surface area contributed by atoms with Gasteiger partial charge in [-0.2, -0.15) is 0 Å². The summed E-state index contributed by atoms with van der Waals surface area (Å²) < 4.78 is 32.2. The van der Waals surface area contributed by atoms with Crippen LogP contribution in [0.25, 0.3) is 11.0 Å². The van der Waals surface area contributed by atoms with Crippen LogP contribution in [0.4, 0.5) is 0 Å². The molecule has 0 bridgehead atoms. The largest absolute Gasteiger partial charge is 0.460 e. The van der Waals surface area contributed by atoms with E-state index in [1.54, 1.807) is 19.1 Å². The molecule has 0 spiro atoms. The molecule has 0 saturated heterocycles. The van der Waals surface area contributed by atoms with Gasteiger partial charge in [0.1, 0.15) is 16.2 Å². The summed E-state index contributed by atoms with van der Waals surface area (Å²) in [6, 6.07) is 13.0. The lowest BCUT2D eigenvalue weighted by Crippen LogP contribution is -2.03. The average Bonchev–Trinajstić information content (AvgIpc) is 3.21. The third-order valence-electron chi connectivity index (χ3n) is 5.26. The van der Waals surface area contributed by atoms with E-state index in [0.717, 1.165) is 5.56 Å². The summed E-state index contributed by atoms with van der Waals surface area (Å²) in [6.07, 6.45) is 4.87. The molecule has 4 rings (SSSR count). The zero-order chi connectivity index (χ0) is 17.6. The van der Waals surface area contributed by atoms with Gasteiger partial charge in [-0.1, -0.05) is 36.6 Å². The molecular formula is C21H22O3S. The molecule has 0 atom stereocenters. The maximum Gasteiger partial charge on any atom is 0.210 e. The lowest BCUT2D eigenvalue weighted by Gasteiger charge is -2.10. The van der Waals surface area contributed by atoms with E-state index in [1.807, 2.05) is 31.2 Å². The normalized spacial score (nSPS) is 15.9. The second kappa shape index (κ2) is 6.03. The molecule has 0 aliphatic heterocycles. The summed E-state index contributed by atoms with van der Waals surface area (Å²) in [5.74, 6) is 0.994. The van der Waals surface area contributed by atoms with Gasteiger partial charge in [0.25, 0.3) is 0 Å². The Morgan fingerprint density at radius 3 is 2.32 bits per heavy atom. The molecule has 0 radical (unpaired) electrons. The van der Waals surface area contributed by atoms with Gasteiger partial charge in [-0.25, -0.2) is 8.42 Å². The Balaban J connectivity index is 1.89. The molecule has 1 aliphatic carbocycles. The van der Waals surface area contributed by atoms with Crippen molar-refractivity contribution in [1.82, 2.24) is 0 Å². The van der Waals surface area contributed by atoms with Gasteiger partial charge in [0.15, 0.2) is 0 Å². The van der Waals surface area contributed by atoms with Crippen LogP contribution in [0, 0.1) is 13.8 Å². The first-order valence-electron chi connectivity index (χ1n) is 8.81. The van der Waals surface area contributed by atoms with Crippen LogP contribution in [-0.4, -0.2) is 8.42 Å². The van der Waals surface area contributed by atoms with Crippen molar-refractivity contribution in [3.05, 3.63) is 59.4 Å². The van der Waals surface area contributed by atoms with Gasteiger partial charge >= 0.3 is 0 Å². The van der Waals surface area contributed by atoms with Crippen LogP contribution >= 0.6 is 0 Å². The van der Waals surface area contributed by atoms with Gasteiger partial charge in [-0.3, -0.25) is 0 Å². The zero-order valence-electron chi connectivity index (χ0n) is 14.6. The molecule has 0 N–H and O–H groups in total. The molecular weight excluding hydrogens is 332 g/mol. The van der Waals surface area contributed by atoms with Crippen molar-refractivity contribution in [2.75, 3.05) is 0 Å². The topological polar surface area (TPSA) is 47.3 Å². The molecule has 2 aromatic carbocycles. The molecule has 1 saturated carbocycles. The summed E-state index contributed by atoms with van der Waals surface area (Å²) in [6.45, 7) is 3.68. The minimum atomic E-state index is -3.60. The van der Waals surface area contributed by atoms with Crippen molar-refractivity contribution in [2.45, 2.75) is 55.2 Å². The fraction of sp³-hybridized carbons (Fsp3) is 0.333. The predicted molar refractivity (Wildman–Crippen MR) is 98.8 cm³/mol. The number of aryl methyl sites for hydroxylation is 2. The van der Waals surface area contributed by atoms with E-state index in [9.17, 15) is 8.42 Å². The number of rotatable bonds is 3. The smallest absolute Gasteiger partial charge is 0.210 e. The maximum atomic E-state index is 13.2. The van der Waals surface area contributed by atoms with Crippen LogP contribution in [0.5, 0.6) is 0 Å². The van der Waals surface area contributed by atoms with Crippen LogP contribution in [-0.2, 0) is 9.84 Å². The second-order valence-corrected chi connectivity index (χ2v) is 8.93. The Morgan fingerprint density at radius 2 is 1.64 bits per heavy atom. The Bertz CT molecular complexity index is 1020. The fourth-order valence-electron chi connectivity index (χ4n) is 3.90. The highest BCUT2D eigenvalue weighted by molar-refractivity contribution is 7.91. The van der Waals surface area contributed by atoms with Crippen molar-refractivity contribution < 1.29 is 12.8 Å². The minimum absolute atomic E-state index is 0.311. The highest BCUT2D eigenvalue weighted by Crippen LogP contribution is 2.39. The number of benzene rings is 2. The fourth-order valence-corrected chi connectivity index (χ4v) is 5.50. The third kappa shape index (κ3) is 2.78. The Morgan fingerprint density at radius 1 is 0.960 bits per heavy atom. The van der Waals surface area contributed by atoms with E-state index >= 15 is 0 Å². The average molecular weight is 354 g/mol. The number of fused-ring (bicyclic) bond motifs is 1. The molecule has 3 nitrogen and oxygen atoms in total. The van der Waals surface area contributed by atoms with Gasteiger partial charge in [0, 0.05) is 5.39 Å². The standard InChI is InChI=1S/C21H22O3S/c1-14-7-10-18(11-8-14)25(22,23)21-15(2)24-20-12-9-17(13-19(20)21)16-5-3-4-6-16/h7-13,16H,3-6H2,1-2H3. The van der Waals surface area contributed by atoms with Gasteiger partial charge in [-0.05, 0) is 62.4 Å². The molecule has 1 aromatic heterocycles. The van der Waals surface area contributed by atoms with Crippen molar-refractivity contribution in [3.63, 3.8) is 0 Å². The monoisotopic (exact) mass is 354 g/mol. The quantitative estimate of drug-likeness (QED) is 0.620. The molecule has 130 valence electrons. The van der Waals surface area contributed by atoms with Crippen LogP contribution in [0.2, 0.25) is 0 Å². The first-order chi connectivity index (χ1) is 12.0. The molecule has 0 unspecified atom stereocenters. The van der Waals surface area contributed by atoms with Gasteiger partial charge in [0.2, 0.25) is 9.84 Å². The zero-order valence-corrected chi connectivity index (χ0v) is 15.4. The molecule has 1 fully saturated rings. The van der Waals surface area contributed by atoms with Crippen LogP contribution in [0.3, 0.4) is 0 Å². The minimum Gasteiger partial charge on any atom is -0.460 e. The summed E-state index contributed by atoms with van der Waals surface area (Å²) >= 11 is 0. The van der Waals surface area contributed by atoms with Gasteiger partial charge in [-0.15, -0.1) is 0 Å². The number of sulfone groups is 1. The van der Waals surface area contributed by atoms with Gasteiger partial charge < -0.3 is 4.42 Å². The molecule has 3 aromatic rings. The number of hydrogen-bond donors (Lipinski definition) is 0. The van der Waals surface area contributed by atoms with Gasteiger partial charge in [0.05, 0.1) is 4.90 Å². The van der Waals surface area contributed by atoms with Crippen LogP contribution in [0.1, 0.15) is 48.5 Å². The summed E-state index contributed by atoms with van der Waals surface area (Å²) in [7, 11) is -3.60. The lowest BCUT2D eigenvalue weighted by atomic mass is 9.97. The molecule has 4 heteroatoms. The molecule has 25 heavy (non-hydrogen) atoms. The van der Waals surface area contributed by atoms with E-state index in [-0.39, 0.29) is 0 Å². The Labute approximate surface area is 148 Å². The first-order valence-corrected chi connectivity index (χ1v) is 10.3. The predicted octanol–water partition coefficient (Wildman–Crippen LogP) is 5.54. The van der Waals surface area contributed by atoms with E-state index in [1.165, 1.54) is 31.2 Å². The molecule has 1 heterocycles. The van der Waals surface area contributed by atoms with Crippen molar-refractivity contribution >= 4 is 20.8 Å². The summed E-state index contributed by atoms with van der Waals surface area (Å²) in [5.41, 5.74) is 2.91. The van der Waals surface area contributed by atoms with E-state index < -0.39 is 9.84 Å². The number of hydrogen-bond acceptors (Lipinski definition) is 3. The Kier molecular flexibility index (Phi) is 3.95. The van der Waals surface area contributed by atoms with Crippen molar-refractivity contribution in [2.24, 2.45) is 0 Å². The first kappa shape index (κ1) is 16.4. The second-order valence-electron chi connectivity index (χ2n) is 7.04. The van der Waals surface area contributed by atoms with E-state index in [0.29, 0.717) is 32.4 Å². The lowest BCUT2D eigenvalue weighted by molar-refractivity contribution is 0.557. The van der Waals surface area contributed by atoms with E-state index in [4.69, 9.17) is 4.42 Å². The number of furan rings is 1. The molecule has 1 aliphatic rings. The van der Waals surface area contributed by atoms with Crippen molar-refractivity contribution in [3.8, 4) is 0 Å². The highest BCUT2D eigenvalue weighted by Gasteiger charge is 2.27. The summed E-state index contributed by atoms with van der Waals surface area (Å²) in [4.78, 5) is 0.626. The third-order valence-corrected chi connectivity index (χ3v) is 7.20. The van der Waals surface area contributed by atoms with Crippen LogP contribution in [0.15, 0.2) is 56.7 Å². The Hall–Kier alpha value is -2.07. The highest BCUT2D eigenvalue weighted by atomic mass is 32.2. The molecule has 0 amide bonds. The SMILES string of the molecule is Cc1ccc(S(=O)(=O)c2c(C)oc3ccc(C4CCCC4)cc23)cc1. The van der Waals surface area contributed by atoms with E-state index in [2.05, 4.69) is 6.07 Å². The summed E-state index contributed by atoms with van der Waals surface area (Å²) in [5, 5.41) is 0.711. The van der Waals surface area contributed by atoms with Crippen LogP contribution < -0.4 is 0 Å². The van der Waals surface area contributed by atoms with Crippen molar-refractivity contribution in [1.29, 1.82) is 0 Å².